The maximum atomic E-state index is 6.04. The van der Waals surface area contributed by atoms with Crippen LogP contribution in [-0.2, 0) is 6.42 Å². The van der Waals surface area contributed by atoms with Crippen LogP contribution in [0.4, 0.5) is 0 Å². The monoisotopic (exact) mass is 306 g/mol. The zero-order valence-electron chi connectivity index (χ0n) is 11.6. The average molecular weight is 307 g/mol. The molecule has 0 saturated heterocycles. The van der Waals surface area contributed by atoms with Crippen molar-refractivity contribution in [2.75, 3.05) is 6.54 Å². The van der Waals surface area contributed by atoms with Gasteiger partial charge in [0.1, 0.15) is 0 Å². The lowest BCUT2D eigenvalue weighted by Gasteiger charge is -2.36. The molecular weight excluding hydrogens is 288 g/mol. The Balaban J connectivity index is 1.40. The molecule has 2 aromatic rings. The number of nitrogens with zero attached hydrogens (tertiary/aromatic N) is 1. The smallest absolute Gasteiger partial charge is 0.0940 e. The summed E-state index contributed by atoms with van der Waals surface area (Å²) < 4.78 is 0. The maximum absolute atomic E-state index is 6.04. The zero-order chi connectivity index (χ0) is 13.9. The molecule has 3 rings (SSSR count). The Kier molecular flexibility index (Phi) is 4.39. The van der Waals surface area contributed by atoms with Crippen LogP contribution < -0.4 is 5.32 Å². The number of thiazole rings is 1. The fourth-order valence-corrected chi connectivity index (χ4v) is 3.69. The second kappa shape index (κ2) is 6.25. The van der Waals surface area contributed by atoms with Crippen LogP contribution in [0.25, 0.3) is 0 Å². The number of halogens is 1. The van der Waals surface area contributed by atoms with Crippen LogP contribution in [0.1, 0.15) is 35.0 Å². The lowest BCUT2D eigenvalue weighted by Crippen LogP contribution is -2.40. The first-order valence-corrected chi connectivity index (χ1v) is 8.36. The van der Waals surface area contributed by atoms with Gasteiger partial charge in [-0.3, -0.25) is 0 Å². The van der Waals surface area contributed by atoms with Gasteiger partial charge in [0.05, 0.1) is 5.01 Å². The zero-order valence-corrected chi connectivity index (χ0v) is 13.2. The summed E-state index contributed by atoms with van der Waals surface area (Å²) in [4.78, 5) is 4.49. The van der Waals surface area contributed by atoms with Crippen molar-refractivity contribution in [1.82, 2.24) is 10.3 Å². The van der Waals surface area contributed by atoms with Crippen molar-refractivity contribution in [2.24, 2.45) is 0 Å². The first kappa shape index (κ1) is 14.1. The summed E-state index contributed by atoms with van der Waals surface area (Å²) in [6.07, 6.45) is 3.48. The molecule has 1 aromatic carbocycles. The second-order valence-electron chi connectivity index (χ2n) is 5.51. The molecule has 2 nitrogen and oxygen atoms in total. The topological polar surface area (TPSA) is 24.9 Å². The Morgan fingerprint density at radius 3 is 2.95 bits per heavy atom. The maximum Gasteiger partial charge on any atom is 0.0940 e. The summed E-state index contributed by atoms with van der Waals surface area (Å²) in [6.45, 7) is 3.08. The minimum atomic E-state index is 0.653. The molecule has 1 aromatic heterocycles. The first-order valence-electron chi connectivity index (χ1n) is 7.10. The Morgan fingerprint density at radius 2 is 2.25 bits per heavy atom. The van der Waals surface area contributed by atoms with E-state index in [-0.39, 0.29) is 0 Å². The summed E-state index contributed by atoms with van der Waals surface area (Å²) >= 11 is 7.80. The molecule has 1 heterocycles. The highest BCUT2D eigenvalue weighted by Crippen LogP contribution is 2.37. The lowest BCUT2D eigenvalue weighted by molar-refractivity contribution is 0.293. The third kappa shape index (κ3) is 3.40. The molecule has 1 fully saturated rings. The lowest BCUT2D eigenvalue weighted by atomic mass is 9.76. The van der Waals surface area contributed by atoms with E-state index in [9.17, 15) is 0 Å². The number of nitrogens with one attached hydrogen (secondary N) is 1. The minimum Gasteiger partial charge on any atom is -0.314 e. The molecule has 1 aliphatic carbocycles. The van der Waals surface area contributed by atoms with E-state index in [0.717, 1.165) is 23.7 Å². The van der Waals surface area contributed by atoms with E-state index in [1.54, 1.807) is 11.3 Å². The van der Waals surface area contributed by atoms with Crippen LogP contribution in [0.5, 0.6) is 0 Å². The van der Waals surface area contributed by atoms with Crippen LogP contribution in [0.15, 0.2) is 29.6 Å². The molecule has 0 amide bonds. The summed E-state index contributed by atoms with van der Waals surface area (Å²) in [5.41, 5.74) is 2.51. The highest BCUT2D eigenvalue weighted by Gasteiger charge is 2.29. The highest BCUT2D eigenvalue weighted by molar-refractivity contribution is 7.09. The normalized spacial score (nSPS) is 21.7. The molecule has 0 atom stereocenters. The second-order valence-corrected chi connectivity index (χ2v) is 6.89. The number of aryl methyl sites for hydroxylation is 1. The van der Waals surface area contributed by atoms with Gasteiger partial charge in [0.2, 0.25) is 0 Å². The third-order valence-corrected chi connectivity index (χ3v) is 5.16. The molecule has 0 aliphatic heterocycles. The van der Waals surface area contributed by atoms with Crippen molar-refractivity contribution in [3.05, 3.63) is 50.9 Å². The van der Waals surface area contributed by atoms with Crippen molar-refractivity contribution in [2.45, 2.75) is 38.1 Å². The molecule has 1 N–H and O–H groups in total. The van der Waals surface area contributed by atoms with E-state index in [0.29, 0.717) is 12.0 Å². The molecule has 106 valence electrons. The van der Waals surface area contributed by atoms with Crippen molar-refractivity contribution in [3.63, 3.8) is 0 Å². The molecule has 20 heavy (non-hydrogen) atoms. The molecule has 1 saturated carbocycles. The van der Waals surface area contributed by atoms with E-state index < -0.39 is 0 Å². The molecule has 1 aliphatic rings. The highest BCUT2D eigenvalue weighted by atomic mass is 35.5. The fraction of sp³-hybridized carbons (Fsp3) is 0.438. The number of benzene rings is 1. The summed E-state index contributed by atoms with van der Waals surface area (Å²) in [7, 11) is 0. The molecule has 0 bridgehead atoms. The number of hydrogen-bond donors (Lipinski definition) is 1. The van der Waals surface area contributed by atoms with Gasteiger partial charge in [-0.2, -0.15) is 0 Å². The quantitative estimate of drug-likeness (QED) is 0.896. The molecule has 0 radical (unpaired) electrons. The van der Waals surface area contributed by atoms with Crippen LogP contribution in [0.2, 0.25) is 5.02 Å². The van der Waals surface area contributed by atoms with Crippen LogP contribution >= 0.6 is 22.9 Å². The number of aromatic nitrogens is 1. The van der Waals surface area contributed by atoms with Gasteiger partial charge in [0, 0.05) is 35.1 Å². The van der Waals surface area contributed by atoms with Crippen molar-refractivity contribution in [1.29, 1.82) is 0 Å². The van der Waals surface area contributed by atoms with Gasteiger partial charge >= 0.3 is 0 Å². The van der Waals surface area contributed by atoms with E-state index in [1.807, 2.05) is 12.1 Å². The van der Waals surface area contributed by atoms with Crippen LogP contribution in [0, 0.1) is 6.92 Å². The molecule has 0 spiro atoms. The average Bonchev–Trinajstić information content (AvgIpc) is 2.78. The van der Waals surface area contributed by atoms with Gasteiger partial charge in [0.25, 0.3) is 0 Å². The van der Waals surface area contributed by atoms with Gasteiger partial charge in [-0.25, -0.2) is 4.98 Å². The third-order valence-electron chi connectivity index (χ3n) is 3.90. The number of hydrogen-bond acceptors (Lipinski definition) is 3. The van der Waals surface area contributed by atoms with Gasteiger partial charge < -0.3 is 5.32 Å². The molecule has 0 unspecified atom stereocenters. The Labute approximate surface area is 129 Å². The standard InChI is InChI=1S/C16H19ClN2S/c1-11-10-20-16(19-11)5-6-18-15-8-13(9-15)12-3-2-4-14(17)7-12/h2-4,7,10,13,15,18H,5-6,8-9H2,1H3. The van der Waals surface area contributed by atoms with Gasteiger partial charge in [-0.15, -0.1) is 11.3 Å². The minimum absolute atomic E-state index is 0.653. The predicted octanol–water partition coefficient (Wildman–Crippen LogP) is 4.18. The molecular formula is C16H19ClN2S. The predicted molar refractivity (Wildman–Crippen MR) is 85.8 cm³/mol. The summed E-state index contributed by atoms with van der Waals surface area (Å²) in [5, 5.41) is 7.83. The van der Waals surface area contributed by atoms with E-state index in [4.69, 9.17) is 11.6 Å². The van der Waals surface area contributed by atoms with Crippen LogP contribution in [-0.4, -0.2) is 17.6 Å². The van der Waals surface area contributed by atoms with Gasteiger partial charge in [0.15, 0.2) is 0 Å². The molecule has 4 heteroatoms. The number of rotatable bonds is 5. The van der Waals surface area contributed by atoms with Gasteiger partial charge in [-0.1, -0.05) is 23.7 Å². The summed E-state index contributed by atoms with van der Waals surface area (Å²) in [5.74, 6) is 0.674. The van der Waals surface area contributed by atoms with Crippen LogP contribution in [0.3, 0.4) is 0 Å². The largest absolute Gasteiger partial charge is 0.314 e. The van der Waals surface area contributed by atoms with E-state index in [2.05, 4.69) is 34.7 Å². The van der Waals surface area contributed by atoms with Crippen molar-refractivity contribution < 1.29 is 0 Å². The SMILES string of the molecule is Cc1csc(CCNC2CC(c3cccc(Cl)c3)C2)n1. The van der Waals surface area contributed by atoms with Crippen molar-refractivity contribution >= 4 is 22.9 Å². The first-order chi connectivity index (χ1) is 9.70. The Morgan fingerprint density at radius 1 is 1.40 bits per heavy atom. The van der Waals surface area contributed by atoms with Gasteiger partial charge in [-0.05, 0) is 43.4 Å². The fourth-order valence-electron chi connectivity index (χ4n) is 2.72. The van der Waals surface area contributed by atoms with E-state index in [1.165, 1.54) is 23.4 Å². The Hall–Kier alpha value is -0.900. The summed E-state index contributed by atoms with van der Waals surface area (Å²) in [6, 6.07) is 8.92. The Bertz CT molecular complexity index is 575. The van der Waals surface area contributed by atoms with Crippen molar-refractivity contribution in [3.8, 4) is 0 Å². The van der Waals surface area contributed by atoms with E-state index >= 15 is 0 Å².